The maximum atomic E-state index is 12.1. The quantitative estimate of drug-likeness (QED) is 0.719. The van der Waals surface area contributed by atoms with Crippen LogP contribution in [0.5, 0.6) is 0 Å². The molecule has 2 atom stereocenters. The van der Waals surface area contributed by atoms with Gasteiger partial charge in [-0.2, -0.15) is 0 Å². The highest BCUT2D eigenvalue weighted by Gasteiger charge is 2.25. The normalized spacial score (nSPS) is 18.7. The lowest BCUT2D eigenvalue weighted by Crippen LogP contribution is -2.31. The molecule has 1 aliphatic rings. The first kappa shape index (κ1) is 21.4. The van der Waals surface area contributed by atoms with Crippen molar-refractivity contribution in [2.45, 2.75) is 51.5 Å². The van der Waals surface area contributed by atoms with Gasteiger partial charge >= 0.3 is 0 Å². The van der Waals surface area contributed by atoms with Gasteiger partial charge in [-0.1, -0.05) is 61.0 Å². The minimum Gasteiger partial charge on any atom is -0.372 e. The molecular formula is C22H29ClN2O2. The molecule has 2 aromatic rings. The molecule has 0 radical (unpaired) electrons. The number of carbonyl (C=O) groups excluding carboxylic acids is 1. The molecule has 3 N–H and O–H groups in total. The number of amides is 1. The summed E-state index contributed by atoms with van der Waals surface area (Å²) in [5.41, 5.74) is 9.43. The van der Waals surface area contributed by atoms with Crippen molar-refractivity contribution in [2.24, 2.45) is 11.7 Å². The zero-order chi connectivity index (χ0) is 18.2. The molecule has 0 aliphatic heterocycles. The van der Waals surface area contributed by atoms with E-state index in [4.69, 9.17) is 10.5 Å². The van der Waals surface area contributed by atoms with Crippen molar-refractivity contribution >= 4 is 18.3 Å². The molecule has 0 bridgehead atoms. The number of benzene rings is 2. The van der Waals surface area contributed by atoms with Crippen LogP contribution in [0, 0.1) is 5.92 Å². The molecule has 3 rings (SSSR count). The highest BCUT2D eigenvalue weighted by molar-refractivity contribution is 5.85. The highest BCUT2D eigenvalue weighted by atomic mass is 35.5. The fourth-order valence-corrected chi connectivity index (χ4v) is 3.52. The zero-order valence-corrected chi connectivity index (χ0v) is 16.4. The van der Waals surface area contributed by atoms with E-state index in [2.05, 4.69) is 23.5 Å². The van der Waals surface area contributed by atoms with E-state index in [1.165, 1.54) is 5.56 Å². The fourth-order valence-electron chi connectivity index (χ4n) is 3.52. The van der Waals surface area contributed by atoms with Gasteiger partial charge in [0, 0.05) is 19.0 Å². The minimum atomic E-state index is 0. The summed E-state index contributed by atoms with van der Waals surface area (Å²) in [5.74, 6) is 0.436. The Labute approximate surface area is 167 Å². The Hall–Kier alpha value is -1.88. The van der Waals surface area contributed by atoms with Crippen LogP contribution in [-0.4, -0.2) is 11.9 Å². The van der Waals surface area contributed by atoms with Crippen LogP contribution in [0.3, 0.4) is 0 Å². The lowest BCUT2D eigenvalue weighted by atomic mass is 10.00. The van der Waals surface area contributed by atoms with Crippen molar-refractivity contribution in [3.63, 3.8) is 0 Å². The van der Waals surface area contributed by atoms with Crippen LogP contribution in [0.2, 0.25) is 0 Å². The predicted octanol–water partition coefficient (Wildman–Crippen LogP) is 3.96. The van der Waals surface area contributed by atoms with Gasteiger partial charge in [-0.3, -0.25) is 4.79 Å². The van der Waals surface area contributed by atoms with E-state index in [-0.39, 0.29) is 24.4 Å². The summed E-state index contributed by atoms with van der Waals surface area (Å²) in [6, 6.07) is 18.5. The number of ether oxygens (including phenoxy) is 1. The summed E-state index contributed by atoms with van der Waals surface area (Å²) >= 11 is 0. The summed E-state index contributed by atoms with van der Waals surface area (Å²) in [5, 5.41) is 3.02. The molecule has 1 saturated carbocycles. The number of hydrogen-bond donors (Lipinski definition) is 2. The fraction of sp³-hybridized carbons (Fsp3) is 0.409. The Morgan fingerprint density at radius 2 is 1.70 bits per heavy atom. The van der Waals surface area contributed by atoms with Gasteiger partial charge in [0.1, 0.15) is 0 Å². The van der Waals surface area contributed by atoms with Crippen molar-refractivity contribution in [3.8, 4) is 0 Å². The van der Waals surface area contributed by atoms with E-state index in [1.54, 1.807) is 0 Å². The second-order valence-electron chi connectivity index (χ2n) is 7.13. The molecule has 146 valence electrons. The monoisotopic (exact) mass is 388 g/mol. The first-order valence-corrected chi connectivity index (χ1v) is 9.42. The molecular weight excluding hydrogens is 360 g/mol. The third-order valence-electron chi connectivity index (χ3n) is 5.03. The van der Waals surface area contributed by atoms with Crippen molar-refractivity contribution in [2.75, 3.05) is 0 Å². The number of halogens is 1. The lowest BCUT2D eigenvalue weighted by molar-refractivity contribution is -0.122. The van der Waals surface area contributed by atoms with Crippen LogP contribution in [0.4, 0.5) is 0 Å². The summed E-state index contributed by atoms with van der Waals surface area (Å²) in [6.45, 7) is 1.71. The summed E-state index contributed by atoms with van der Waals surface area (Å²) < 4.78 is 5.79. The van der Waals surface area contributed by atoms with Crippen molar-refractivity contribution in [1.29, 1.82) is 0 Å². The maximum absolute atomic E-state index is 12.1. The Morgan fingerprint density at radius 3 is 2.44 bits per heavy atom. The van der Waals surface area contributed by atoms with Crippen LogP contribution in [0.1, 0.15) is 42.4 Å². The Kier molecular flexibility index (Phi) is 8.79. The molecule has 0 unspecified atom stereocenters. The van der Waals surface area contributed by atoms with Crippen molar-refractivity contribution < 1.29 is 9.53 Å². The molecule has 1 aliphatic carbocycles. The van der Waals surface area contributed by atoms with Gasteiger partial charge in [0.05, 0.1) is 13.2 Å². The van der Waals surface area contributed by atoms with E-state index in [0.717, 1.165) is 30.4 Å². The van der Waals surface area contributed by atoms with Gasteiger partial charge < -0.3 is 15.8 Å². The largest absolute Gasteiger partial charge is 0.372 e. The van der Waals surface area contributed by atoms with E-state index in [1.807, 2.05) is 36.4 Å². The van der Waals surface area contributed by atoms with E-state index >= 15 is 0 Å². The SMILES string of the molecule is Cl.N[C@@H]1CCC[C@H]1CC(=O)NCc1cccc(COCc2ccccc2)c1. The van der Waals surface area contributed by atoms with E-state index in [9.17, 15) is 4.79 Å². The van der Waals surface area contributed by atoms with Gasteiger partial charge in [0.15, 0.2) is 0 Å². The Morgan fingerprint density at radius 1 is 1.00 bits per heavy atom. The lowest BCUT2D eigenvalue weighted by Gasteiger charge is -2.15. The number of nitrogens with two attached hydrogens (primary N) is 1. The first-order valence-electron chi connectivity index (χ1n) is 9.42. The summed E-state index contributed by atoms with van der Waals surface area (Å²) in [7, 11) is 0. The standard InChI is InChI=1S/C22H28N2O2.ClH/c23-21-11-5-10-20(21)13-22(25)24-14-18-8-4-9-19(12-18)16-26-15-17-6-2-1-3-7-17;/h1-4,6-9,12,20-21H,5,10-11,13-16,23H2,(H,24,25);1H/t20-,21+;/m0./s1. The molecule has 0 saturated heterocycles. The molecule has 5 heteroatoms. The van der Waals surface area contributed by atoms with Crippen molar-refractivity contribution in [1.82, 2.24) is 5.32 Å². The third kappa shape index (κ3) is 6.98. The molecule has 0 heterocycles. The van der Waals surface area contributed by atoms with Crippen LogP contribution in [-0.2, 0) is 29.3 Å². The Balaban J connectivity index is 0.00000261. The molecule has 1 fully saturated rings. The molecule has 2 aromatic carbocycles. The van der Waals surface area contributed by atoms with Crippen LogP contribution in [0.15, 0.2) is 54.6 Å². The number of carbonyl (C=O) groups is 1. The maximum Gasteiger partial charge on any atom is 0.220 e. The van der Waals surface area contributed by atoms with Gasteiger partial charge in [0.2, 0.25) is 5.91 Å². The predicted molar refractivity (Wildman–Crippen MR) is 110 cm³/mol. The van der Waals surface area contributed by atoms with Gasteiger partial charge in [-0.15, -0.1) is 12.4 Å². The first-order chi connectivity index (χ1) is 12.7. The number of nitrogens with one attached hydrogen (secondary N) is 1. The third-order valence-corrected chi connectivity index (χ3v) is 5.03. The molecule has 0 spiro atoms. The summed E-state index contributed by atoms with van der Waals surface area (Å²) in [6.07, 6.45) is 3.80. The van der Waals surface area contributed by atoms with Crippen LogP contribution < -0.4 is 11.1 Å². The van der Waals surface area contributed by atoms with Gasteiger partial charge in [-0.25, -0.2) is 0 Å². The smallest absolute Gasteiger partial charge is 0.220 e. The minimum absolute atomic E-state index is 0. The van der Waals surface area contributed by atoms with Crippen molar-refractivity contribution in [3.05, 3.63) is 71.3 Å². The molecule has 0 aromatic heterocycles. The molecule has 27 heavy (non-hydrogen) atoms. The van der Waals surface area contributed by atoms with E-state index in [0.29, 0.717) is 32.1 Å². The summed E-state index contributed by atoms with van der Waals surface area (Å²) in [4.78, 5) is 12.1. The second-order valence-corrected chi connectivity index (χ2v) is 7.13. The Bertz CT molecular complexity index is 708. The van der Waals surface area contributed by atoms with Crippen LogP contribution in [0.25, 0.3) is 0 Å². The average Bonchev–Trinajstić information content (AvgIpc) is 3.06. The van der Waals surface area contributed by atoms with Gasteiger partial charge in [0.25, 0.3) is 0 Å². The van der Waals surface area contributed by atoms with E-state index < -0.39 is 0 Å². The van der Waals surface area contributed by atoms with Gasteiger partial charge in [-0.05, 0) is 35.4 Å². The zero-order valence-electron chi connectivity index (χ0n) is 15.6. The highest BCUT2D eigenvalue weighted by Crippen LogP contribution is 2.26. The molecule has 4 nitrogen and oxygen atoms in total. The average molecular weight is 389 g/mol. The second kappa shape index (κ2) is 11.1. The van der Waals surface area contributed by atoms with Crippen LogP contribution >= 0.6 is 12.4 Å². The number of hydrogen-bond acceptors (Lipinski definition) is 3. The number of rotatable bonds is 8. The topological polar surface area (TPSA) is 64.4 Å². The molecule has 1 amide bonds.